The maximum atomic E-state index is 11.2. The third-order valence-electron chi connectivity index (χ3n) is 2.74. The number of ether oxygens (including phenoxy) is 1. The molecule has 1 heterocycles. The SMILES string of the molecule is CCCOc1cccc(-c2n[nH]c(C)c2C(=O)O)c1. The third-order valence-corrected chi connectivity index (χ3v) is 2.74. The molecule has 19 heavy (non-hydrogen) atoms. The highest BCUT2D eigenvalue weighted by molar-refractivity contribution is 5.96. The van der Waals surface area contributed by atoms with Crippen LogP contribution in [0.4, 0.5) is 0 Å². The highest BCUT2D eigenvalue weighted by Crippen LogP contribution is 2.26. The van der Waals surface area contributed by atoms with Gasteiger partial charge in [-0.1, -0.05) is 19.1 Å². The Labute approximate surface area is 111 Å². The number of aromatic amines is 1. The Balaban J connectivity index is 2.39. The number of aryl methyl sites for hydroxylation is 1. The minimum atomic E-state index is -0.985. The van der Waals surface area contributed by atoms with Crippen molar-refractivity contribution >= 4 is 5.97 Å². The first-order valence-electron chi connectivity index (χ1n) is 6.15. The largest absolute Gasteiger partial charge is 0.494 e. The number of carboxylic acid groups (broad SMARTS) is 1. The van der Waals surface area contributed by atoms with Crippen LogP contribution in [0, 0.1) is 6.92 Å². The molecule has 2 rings (SSSR count). The maximum Gasteiger partial charge on any atom is 0.339 e. The molecule has 0 aliphatic rings. The number of nitrogens with zero attached hydrogens (tertiary/aromatic N) is 1. The summed E-state index contributed by atoms with van der Waals surface area (Å²) in [6, 6.07) is 7.30. The van der Waals surface area contributed by atoms with Crippen molar-refractivity contribution in [2.75, 3.05) is 6.61 Å². The molecule has 0 aliphatic carbocycles. The van der Waals surface area contributed by atoms with Crippen LogP contribution in [-0.4, -0.2) is 27.9 Å². The number of hydrogen-bond donors (Lipinski definition) is 2. The van der Waals surface area contributed by atoms with Gasteiger partial charge in [-0.05, 0) is 25.5 Å². The zero-order valence-corrected chi connectivity index (χ0v) is 10.9. The monoisotopic (exact) mass is 260 g/mol. The van der Waals surface area contributed by atoms with E-state index in [0.29, 0.717) is 18.0 Å². The van der Waals surface area contributed by atoms with Gasteiger partial charge in [0.25, 0.3) is 0 Å². The Morgan fingerprint density at radius 3 is 2.95 bits per heavy atom. The van der Waals surface area contributed by atoms with E-state index in [1.807, 2.05) is 25.1 Å². The van der Waals surface area contributed by atoms with Crippen LogP contribution < -0.4 is 4.74 Å². The Morgan fingerprint density at radius 1 is 1.47 bits per heavy atom. The van der Waals surface area contributed by atoms with Crippen LogP contribution in [0.1, 0.15) is 29.4 Å². The van der Waals surface area contributed by atoms with Crippen LogP contribution in [0.5, 0.6) is 5.75 Å². The fourth-order valence-electron chi connectivity index (χ4n) is 1.85. The first kappa shape index (κ1) is 13.1. The molecule has 1 aromatic carbocycles. The Morgan fingerprint density at radius 2 is 2.26 bits per heavy atom. The molecule has 0 unspecified atom stereocenters. The topological polar surface area (TPSA) is 75.2 Å². The van der Waals surface area contributed by atoms with Gasteiger partial charge in [0.2, 0.25) is 0 Å². The fourth-order valence-corrected chi connectivity index (χ4v) is 1.85. The lowest BCUT2D eigenvalue weighted by atomic mass is 10.1. The van der Waals surface area contributed by atoms with E-state index in [4.69, 9.17) is 4.74 Å². The molecule has 0 saturated carbocycles. The summed E-state index contributed by atoms with van der Waals surface area (Å²) in [6.07, 6.45) is 0.923. The van der Waals surface area contributed by atoms with Crippen LogP contribution in [0.25, 0.3) is 11.3 Å². The average Bonchev–Trinajstić information content (AvgIpc) is 2.79. The van der Waals surface area contributed by atoms with E-state index in [-0.39, 0.29) is 5.56 Å². The molecule has 0 radical (unpaired) electrons. The van der Waals surface area contributed by atoms with Crippen LogP contribution in [0.2, 0.25) is 0 Å². The lowest BCUT2D eigenvalue weighted by Crippen LogP contribution is -2.00. The zero-order valence-electron chi connectivity index (χ0n) is 10.9. The summed E-state index contributed by atoms with van der Waals surface area (Å²) in [5, 5.41) is 16.0. The number of benzene rings is 1. The molecule has 0 fully saturated rings. The standard InChI is InChI=1S/C14H16N2O3/c1-3-7-19-11-6-4-5-10(8-11)13-12(14(17)18)9(2)15-16-13/h4-6,8H,3,7H2,1-2H3,(H,15,16)(H,17,18). The summed E-state index contributed by atoms with van der Waals surface area (Å²) in [6.45, 7) is 4.36. The van der Waals surface area contributed by atoms with Crippen molar-refractivity contribution < 1.29 is 14.6 Å². The van der Waals surface area contributed by atoms with E-state index in [0.717, 1.165) is 17.7 Å². The van der Waals surface area contributed by atoms with Crippen molar-refractivity contribution in [3.05, 3.63) is 35.5 Å². The minimum absolute atomic E-state index is 0.202. The quantitative estimate of drug-likeness (QED) is 0.866. The number of rotatable bonds is 5. The van der Waals surface area contributed by atoms with Gasteiger partial charge in [-0.2, -0.15) is 5.10 Å². The Bertz CT molecular complexity index is 590. The first-order chi connectivity index (χ1) is 9.13. The molecule has 0 saturated heterocycles. The zero-order chi connectivity index (χ0) is 13.8. The predicted molar refractivity (Wildman–Crippen MR) is 71.5 cm³/mol. The Hall–Kier alpha value is -2.30. The van der Waals surface area contributed by atoms with Crippen LogP contribution in [0.15, 0.2) is 24.3 Å². The smallest absolute Gasteiger partial charge is 0.339 e. The number of carboxylic acids is 1. The molecule has 0 spiro atoms. The highest BCUT2D eigenvalue weighted by atomic mass is 16.5. The molecule has 0 amide bonds. The molecule has 5 heteroatoms. The average molecular weight is 260 g/mol. The van der Waals surface area contributed by atoms with Crippen molar-refractivity contribution in [1.29, 1.82) is 0 Å². The first-order valence-corrected chi connectivity index (χ1v) is 6.15. The second-order valence-electron chi connectivity index (χ2n) is 4.25. The molecule has 100 valence electrons. The molecule has 2 N–H and O–H groups in total. The Kier molecular flexibility index (Phi) is 3.85. The molecule has 0 bridgehead atoms. The molecule has 0 atom stereocenters. The lowest BCUT2D eigenvalue weighted by molar-refractivity contribution is 0.0697. The summed E-state index contributed by atoms with van der Waals surface area (Å²) in [7, 11) is 0. The summed E-state index contributed by atoms with van der Waals surface area (Å²) in [5.41, 5.74) is 1.91. The third kappa shape index (κ3) is 2.76. The number of aromatic carboxylic acids is 1. The van der Waals surface area contributed by atoms with Crippen molar-refractivity contribution in [3.8, 4) is 17.0 Å². The van der Waals surface area contributed by atoms with Crippen molar-refractivity contribution in [1.82, 2.24) is 10.2 Å². The van der Waals surface area contributed by atoms with E-state index in [9.17, 15) is 9.90 Å². The molecular weight excluding hydrogens is 244 g/mol. The molecular formula is C14H16N2O3. The van der Waals surface area contributed by atoms with E-state index < -0.39 is 5.97 Å². The second kappa shape index (κ2) is 5.56. The van der Waals surface area contributed by atoms with Crippen LogP contribution in [-0.2, 0) is 0 Å². The van der Waals surface area contributed by atoms with Gasteiger partial charge in [-0.15, -0.1) is 0 Å². The lowest BCUT2D eigenvalue weighted by Gasteiger charge is -2.06. The van der Waals surface area contributed by atoms with Crippen molar-refractivity contribution in [3.63, 3.8) is 0 Å². The normalized spacial score (nSPS) is 10.4. The number of nitrogens with one attached hydrogen (secondary N) is 1. The summed E-state index contributed by atoms with van der Waals surface area (Å²) in [4.78, 5) is 11.2. The van der Waals surface area contributed by atoms with E-state index >= 15 is 0 Å². The van der Waals surface area contributed by atoms with Gasteiger partial charge in [0, 0.05) is 11.3 Å². The fraction of sp³-hybridized carbons (Fsp3) is 0.286. The number of hydrogen-bond acceptors (Lipinski definition) is 3. The van der Waals surface area contributed by atoms with Gasteiger partial charge in [-0.3, -0.25) is 5.10 Å². The van der Waals surface area contributed by atoms with Gasteiger partial charge in [0.1, 0.15) is 17.0 Å². The van der Waals surface area contributed by atoms with E-state index in [2.05, 4.69) is 10.2 Å². The molecule has 0 aliphatic heterocycles. The minimum Gasteiger partial charge on any atom is -0.494 e. The van der Waals surface area contributed by atoms with E-state index in [1.54, 1.807) is 13.0 Å². The predicted octanol–water partition coefficient (Wildman–Crippen LogP) is 2.87. The summed E-state index contributed by atoms with van der Waals surface area (Å²) in [5.74, 6) is -0.266. The summed E-state index contributed by atoms with van der Waals surface area (Å²) >= 11 is 0. The second-order valence-corrected chi connectivity index (χ2v) is 4.25. The molecule has 1 aromatic heterocycles. The van der Waals surface area contributed by atoms with Crippen molar-refractivity contribution in [2.45, 2.75) is 20.3 Å². The van der Waals surface area contributed by atoms with Gasteiger partial charge in [0.15, 0.2) is 0 Å². The van der Waals surface area contributed by atoms with Gasteiger partial charge >= 0.3 is 5.97 Å². The molecule has 2 aromatic rings. The van der Waals surface area contributed by atoms with Crippen molar-refractivity contribution in [2.24, 2.45) is 0 Å². The highest BCUT2D eigenvalue weighted by Gasteiger charge is 2.18. The van der Waals surface area contributed by atoms with Gasteiger partial charge in [0.05, 0.1) is 6.61 Å². The van der Waals surface area contributed by atoms with Gasteiger partial charge < -0.3 is 9.84 Å². The number of aromatic nitrogens is 2. The number of carbonyl (C=O) groups is 1. The van der Waals surface area contributed by atoms with Crippen LogP contribution in [0.3, 0.4) is 0 Å². The van der Waals surface area contributed by atoms with E-state index in [1.165, 1.54) is 0 Å². The maximum absolute atomic E-state index is 11.2. The van der Waals surface area contributed by atoms with Crippen LogP contribution >= 0.6 is 0 Å². The summed E-state index contributed by atoms with van der Waals surface area (Å²) < 4.78 is 5.54. The molecule has 5 nitrogen and oxygen atoms in total. The number of H-pyrrole nitrogens is 1. The van der Waals surface area contributed by atoms with Gasteiger partial charge in [-0.25, -0.2) is 4.79 Å².